The summed E-state index contributed by atoms with van der Waals surface area (Å²) in [6, 6.07) is 6.51. The SMILES string of the molecule is NS(=O)(=O)c1ccc(CNc2ncnc3c2CCC3)cc1. The lowest BCUT2D eigenvalue weighted by Crippen LogP contribution is -2.12. The number of hydrogen-bond acceptors (Lipinski definition) is 5. The van der Waals surface area contributed by atoms with Crippen LogP contribution in [0.3, 0.4) is 0 Å². The normalized spacial score (nSPS) is 14.0. The highest BCUT2D eigenvalue weighted by atomic mass is 32.2. The van der Waals surface area contributed by atoms with Gasteiger partial charge in [0.25, 0.3) is 0 Å². The van der Waals surface area contributed by atoms with Gasteiger partial charge in [0, 0.05) is 17.8 Å². The lowest BCUT2D eigenvalue weighted by Gasteiger charge is -2.09. The van der Waals surface area contributed by atoms with Gasteiger partial charge in [-0.05, 0) is 37.0 Å². The van der Waals surface area contributed by atoms with E-state index < -0.39 is 10.0 Å². The van der Waals surface area contributed by atoms with Crippen molar-refractivity contribution >= 4 is 15.8 Å². The molecular weight excluding hydrogens is 288 g/mol. The second-order valence-electron chi connectivity index (χ2n) is 5.04. The van der Waals surface area contributed by atoms with Crippen molar-refractivity contribution < 1.29 is 8.42 Å². The van der Waals surface area contributed by atoms with E-state index in [-0.39, 0.29) is 4.90 Å². The number of nitrogens with zero attached hydrogens (tertiary/aromatic N) is 2. The van der Waals surface area contributed by atoms with E-state index in [0.717, 1.165) is 36.3 Å². The molecule has 0 fully saturated rings. The fourth-order valence-electron chi connectivity index (χ4n) is 2.49. The zero-order chi connectivity index (χ0) is 14.9. The first-order valence-corrected chi connectivity index (χ1v) is 8.27. The molecule has 2 aromatic rings. The average Bonchev–Trinajstić information content (AvgIpc) is 2.93. The molecule has 0 saturated heterocycles. The second-order valence-corrected chi connectivity index (χ2v) is 6.61. The number of fused-ring (bicyclic) bond motifs is 1. The zero-order valence-electron chi connectivity index (χ0n) is 11.4. The maximum atomic E-state index is 11.2. The fraction of sp³-hybridized carbons (Fsp3) is 0.286. The Bertz CT molecular complexity index is 757. The smallest absolute Gasteiger partial charge is 0.238 e. The number of primary sulfonamides is 1. The molecule has 0 aliphatic heterocycles. The Morgan fingerprint density at radius 3 is 2.62 bits per heavy atom. The minimum atomic E-state index is -3.64. The highest BCUT2D eigenvalue weighted by molar-refractivity contribution is 7.89. The van der Waals surface area contributed by atoms with E-state index in [4.69, 9.17) is 5.14 Å². The van der Waals surface area contributed by atoms with Crippen molar-refractivity contribution in [3.63, 3.8) is 0 Å². The van der Waals surface area contributed by atoms with Gasteiger partial charge in [0.15, 0.2) is 0 Å². The minimum Gasteiger partial charge on any atom is -0.366 e. The summed E-state index contributed by atoms with van der Waals surface area (Å²) in [7, 11) is -3.64. The van der Waals surface area contributed by atoms with Gasteiger partial charge in [-0.3, -0.25) is 0 Å². The lowest BCUT2D eigenvalue weighted by molar-refractivity contribution is 0.598. The number of nitrogens with one attached hydrogen (secondary N) is 1. The van der Waals surface area contributed by atoms with Crippen LogP contribution in [0.15, 0.2) is 35.5 Å². The lowest BCUT2D eigenvalue weighted by atomic mass is 10.2. The first kappa shape index (κ1) is 14.0. The van der Waals surface area contributed by atoms with E-state index in [1.807, 2.05) is 0 Å². The van der Waals surface area contributed by atoms with Crippen LogP contribution in [0.2, 0.25) is 0 Å². The Balaban J connectivity index is 1.73. The largest absolute Gasteiger partial charge is 0.366 e. The van der Waals surface area contributed by atoms with Crippen LogP contribution in [0, 0.1) is 0 Å². The molecule has 3 N–H and O–H groups in total. The molecule has 110 valence electrons. The van der Waals surface area contributed by atoms with Crippen molar-refractivity contribution in [1.29, 1.82) is 0 Å². The molecule has 0 saturated carbocycles. The molecule has 7 heteroatoms. The third kappa shape index (κ3) is 3.03. The van der Waals surface area contributed by atoms with Crippen LogP contribution in [0.1, 0.15) is 23.2 Å². The molecule has 0 atom stereocenters. The summed E-state index contributed by atoms with van der Waals surface area (Å²) in [5.74, 6) is 0.869. The average molecular weight is 304 g/mol. The number of rotatable bonds is 4. The van der Waals surface area contributed by atoms with Crippen molar-refractivity contribution in [1.82, 2.24) is 9.97 Å². The van der Waals surface area contributed by atoms with E-state index in [0.29, 0.717) is 6.54 Å². The van der Waals surface area contributed by atoms with Crippen LogP contribution in [0.4, 0.5) is 5.82 Å². The molecule has 1 aromatic heterocycles. The molecular formula is C14H16N4O2S. The van der Waals surface area contributed by atoms with Crippen molar-refractivity contribution in [2.24, 2.45) is 5.14 Å². The van der Waals surface area contributed by atoms with Gasteiger partial charge in [-0.15, -0.1) is 0 Å². The maximum absolute atomic E-state index is 11.2. The van der Waals surface area contributed by atoms with Crippen molar-refractivity contribution in [3.8, 4) is 0 Å². The Hall–Kier alpha value is -1.99. The first-order chi connectivity index (χ1) is 10.0. The number of benzene rings is 1. The predicted octanol–water partition coefficient (Wildman–Crippen LogP) is 1.22. The van der Waals surface area contributed by atoms with E-state index in [1.54, 1.807) is 18.5 Å². The van der Waals surface area contributed by atoms with Gasteiger partial charge in [0.05, 0.1) is 4.90 Å². The Labute approximate surface area is 123 Å². The highest BCUT2D eigenvalue weighted by Gasteiger charge is 2.16. The van der Waals surface area contributed by atoms with Gasteiger partial charge in [-0.25, -0.2) is 23.5 Å². The van der Waals surface area contributed by atoms with Gasteiger partial charge in [-0.2, -0.15) is 0 Å². The standard InChI is InChI=1S/C14H16N4O2S/c15-21(19,20)11-6-4-10(5-7-11)8-16-14-12-2-1-3-13(12)17-9-18-14/h4-7,9H,1-3,8H2,(H2,15,19,20)(H,16,17,18). The molecule has 1 aromatic carbocycles. The number of anilines is 1. The fourth-order valence-corrected chi connectivity index (χ4v) is 3.01. The van der Waals surface area contributed by atoms with Gasteiger partial charge in [0.2, 0.25) is 10.0 Å². The quantitative estimate of drug-likeness (QED) is 0.885. The molecule has 1 aliphatic carbocycles. The summed E-state index contributed by atoms with van der Waals surface area (Å²) >= 11 is 0. The molecule has 6 nitrogen and oxygen atoms in total. The number of aromatic nitrogens is 2. The molecule has 0 spiro atoms. The summed E-state index contributed by atoms with van der Waals surface area (Å²) in [5.41, 5.74) is 3.28. The topological polar surface area (TPSA) is 98.0 Å². The summed E-state index contributed by atoms with van der Waals surface area (Å²) in [5, 5.41) is 8.36. The van der Waals surface area contributed by atoms with Crippen LogP contribution in [-0.4, -0.2) is 18.4 Å². The Morgan fingerprint density at radius 2 is 1.90 bits per heavy atom. The van der Waals surface area contributed by atoms with Crippen LogP contribution < -0.4 is 10.5 Å². The molecule has 0 amide bonds. The van der Waals surface area contributed by atoms with Crippen molar-refractivity contribution in [3.05, 3.63) is 47.4 Å². The zero-order valence-corrected chi connectivity index (χ0v) is 12.2. The molecule has 21 heavy (non-hydrogen) atoms. The van der Waals surface area contributed by atoms with Gasteiger partial charge in [-0.1, -0.05) is 12.1 Å². The molecule has 0 unspecified atom stereocenters. The van der Waals surface area contributed by atoms with Crippen LogP contribution >= 0.6 is 0 Å². The Kier molecular flexibility index (Phi) is 3.60. The third-order valence-corrected chi connectivity index (χ3v) is 4.52. The third-order valence-electron chi connectivity index (χ3n) is 3.59. The van der Waals surface area contributed by atoms with Crippen molar-refractivity contribution in [2.45, 2.75) is 30.7 Å². The Morgan fingerprint density at radius 1 is 1.14 bits per heavy atom. The predicted molar refractivity (Wildman–Crippen MR) is 79.2 cm³/mol. The van der Waals surface area contributed by atoms with E-state index in [1.165, 1.54) is 17.7 Å². The first-order valence-electron chi connectivity index (χ1n) is 6.72. The van der Waals surface area contributed by atoms with Crippen molar-refractivity contribution in [2.75, 3.05) is 5.32 Å². The van der Waals surface area contributed by atoms with Gasteiger partial charge >= 0.3 is 0 Å². The van der Waals surface area contributed by atoms with E-state index in [2.05, 4.69) is 15.3 Å². The maximum Gasteiger partial charge on any atom is 0.238 e. The number of nitrogens with two attached hydrogens (primary N) is 1. The van der Waals surface area contributed by atoms with Gasteiger partial charge in [0.1, 0.15) is 12.1 Å². The minimum absolute atomic E-state index is 0.120. The molecule has 0 bridgehead atoms. The summed E-state index contributed by atoms with van der Waals surface area (Å²) in [6.45, 7) is 0.578. The number of aryl methyl sites for hydroxylation is 1. The summed E-state index contributed by atoms with van der Waals surface area (Å²) in [4.78, 5) is 8.69. The molecule has 0 radical (unpaired) electrons. The van der Waals surface area contributed by atoms with Crippen LogP contribution in [-0.2, 0) is 29.4 Å². The molecule has 1 heterocycles. The molecule has 1 aliphatic rings. The van der Waals surface area contributed by atoms with Crippen LogP contribution in [0.5, 0.6) is 0 Å². The summed E-state index contributed by atoms with van der Waals surface area (Å²) in [6.07, 6.45) is 4.71. The molecule has 3 rings (SSSR count). The second kappa shape index (κ2) is 5.42. The monoisotopic (exact) mass is 304 g/mol. The van der Waals surface area contributed by atoms with E-state index >= 15 is 0 Å². The van der Waals surface area contributed by atoms with E-state index in [9.17, 15) is 8.42 Å². The van der Waals surface area contributed by atoms with Crippen LogP contribution in [0.25, 0.3) is 0 Å². The summed E-state index contributed by atoms with van der Waals surface area (Å²) < 4.78 is 22.4. The van der Waals surface area contributed by atoms with Gasteiger partial charge < -0.3 is 5.32 Å². The number of sulfonamides is 1. The highest BCUT2D eigenvalue weighted by Crippen LogP contribution is 2.25. The number of hydrogen-bond donors (Lipinski definition) is 2.